The van der Waals surface area contributed by atoms with Crippen LogP contribution in [0.1, 0.15) is 104 Å². The van der Waals surface area contributed by atoms with Crippen molar-refractivity contribution in [3.63, 3.8) is 0 Å². The monoisotopic (exact) mass is 746 g/mol. The van der Waals surface area contributed by atoms with Gasteiger partial charge in [0.15, 0.2) is 0 Å². The number of Topliss-reactive ketones (excluding diaryl/α,β-unsaturated/α-hetero) is 4. The molecule has 0 unspecified atom stereocenters. The van der Waals surface area contributed by atoms with Crippen molar-refractivity contribution in [2.75, 3.05) is 0 Å². The molecule has 278 valence electrons. The highest BCUT2D eigenvalue weighted by Gasteiger charge is 2.40. The number of imidazole rings is 2. The molecule has 6 aromatic rings. The van der Waals surface area contributed by atoms with E-state index in [9.17, 15) is 28.8 Å². The fraction of sp³-hybridized carbons (Fsp3) is 0.182. The Morgan fingerprint density at radius 1 is 0.518 bits per heavy atom. The first kappa shape index (κ1) is 35.9. The summed E-state index contributed by atoms with van der Waals surface area (Å²) in [5, 5.41) is 0. The summed E-state index contributed by atoms with van der Waals surface area (Å²) in [6, 6.07) is 28.0. The highest BCUT2D eigenvalue weighted by Crippen LogP contribution is 2.38. The van der Waals surface area contributed by atoms with E-state index in [1.807, 2.05) is 64.1 Å². The van der Waals surface area contributed by atoms with Gasteiger partial charge in [0.05, 0.1) is 0 Å². The lowest BCUT2D eigenvalue weighted by molar-refractivity contribution is 0.0807. The summed E-state index contributed by atoms with van der Waals surface area (Å²) in [5.41, 5.74) is 4.14. The van der Waals surface area contributed by atoms with E-state index >= 15 is 0 Å². The molecule has 2 aliphatic rings. The SMILES string of the molecule is CC(C)c1nc2c(n1C(=O)OCc1cccc(-c3ccc4c(c3)C(=O)C(=O)c3c-4nc(C(C)C)n3C(=O)OCc3ccccc3)c1)C(=O)C(=O)c1ccccc1-2. The second kappa shape index (κ2) is 14.0. The Labute approximate surface area is 320 Å². The van der Waals surface area contributed by atoms with Gasteiger partial charge < -0.3 is 9.47 Å². The van der Waals surface area contributed by atoms with Crippen LogP contribution in [-0.4, -0.2) is 54.4 Å². The van der Waals surface area contributed by atoms with Gasteiger partial charge in [0.1, 0.15) is 47.6 Å². The van der Waals surface area contributed by atoms with Crippen LogP contribution in [-0.2, 0) is 22.7 Å². The molecule has 8 rings (SSSR count). The Bertz CT molecular complexity index is 2670. The molecule has 0 aliphatic heterocycles. The number of hydrogen-bond acceptors (Lipinski definition) is 10. The van der Waals surface area contributed by atoms with Crippen molar-refractivity contribution in [1.82, 2.24) is 19.1 Å². The van der Waals surface area contributed by atoms with Crippen LogP contribution < -0.4 is 0 Å². The minimum atomic E-state index is -0.868. The number of carbonyl (C=O) groups is 6. The van der Waals surface area contributed by atoms with Crippen molar-refractivity contribution in [2.45, 2.75) is 52.7 Å². The molecular weight excluding hydrogens is 713 g/mol. The van der Waals surface area contributed by atoms with E-state index in [1.165, 1.54) is 0 Å². The predicted octanol–water partition coefficient (Wildman–Crippen LogP) is 8.46. The van der Waals surface area contributed by atoms with Crippen molar-refractivity contribution >= 4 is 35.3 Å². The van der Waals surface area contributed by atoms with Gasteiger partial charge in [0.25, 0.3) is 11.6 Å². The van der Waals surface area contributed by atoms with Gasteiger partial charge in [-0.05, 0) is 34.4 Å². The molecule has 12 heteroatoms. The molecule has 2 heterocycles. The molecule has 12 nitrogen and oxygen atoms in total. The normalized spacial score (nSPS) is 13.0. The quantitative estimate of drug-likeness (QED) is 0.145. The molecule has 0 radical (unpaired) electrons. The zero-order valence-electron chi connectivity index (χ0n) is 30.9. The van der Waals surface area contributed by atoms with Gasteiger partial charge >= 0.3 is 12.2 Å². The van der Waals surface area contributed by atoms with Crippen molar-refractivity contribution in [1.29, 1.82) is 0 Å². The van der Waals surface area contributed by atoms with E-state index < -0.39 is 35.3 Å². The summed E-state index contributed by atoms with van der Waals surface area (Å²) < 4.78 is 13.5. The molecule has 0 atom stereocenters. The summed E-state index contributed by atoms with van der Waals surface area (Å²) in [4.78, 5) is 90.1. The first-order valence-corrected chi connectivity index (χ1v) is 18.1. The number of benzene rings is 4. The number of aromatic nitrogens is 4. The van der Waals surface area contributed by atoms with Crippen LogP contribution in [0, 0.1) is 0 Å². The van der Waals surface area contributed by atoms with Gasteiger partial charge in [-0.15, -0.1) is 0 Å². The molecule has 0 bridgehead atoms. The second-order valence-corrected chi connectivity index (χ2v) is 14.2. The van der Waals surface area contributed by atoms with Gasteiger partial charge in [0.2, 0.25) is 11.6 Å². The van der Waals surface area contributed by atoms with Crippen LogP contribution in [0.2, 0.25) is 0 Å². The van der Waals surface area contributed by atoms with Crippen LogP contribution in [0.25, 0.3) is 33.6 Å². The maximum absolute atomic E-state index is 13.7. The molecule has 2 aliphatic carbocycles. The van der Waals surface area contributed by atoms with E-state index in [2.05, 4.69) is 9.97 Å². The van der Waals surface area contributed by atoms with E-state index in [-0.39, 0.29) is 64.8 Å². The minimum absolute atomic E-state index is 0.0231. The van der Waals surface area contributed by atoms with Gasteiger partial charge in [0, 0.05) is 34.1 Å². The first-order chi connectivity index (χ1) is 26.9. The molecule has 56 heavy (non-hydrogen) atoms. The summed E-state index contributed by atoms with van der Waals surface area (Å²) in [6.07, 6.45) is -1.66. The largest absolute Gasteiger partial charge is 0.444 e. The molecular formula is C44H34N4O8. The number of ketones is 4. The van der Waals surface area contributed by atoms with E-state index in [0.29, 0.717) is 33.6 Å². The molecule has 4 aromatic carbocycles. The number of rotatable bonds is 7. The number of carbonyl (C=O) groups excluding carboxylic acids is 6. The molecule has 0 saturated carbocycles. The number of nitrogens with zero attached hydrogens (tertiary/aromatic N) is 4. The maximum Gasteiger partial charge on any atom is 0.420 e. The summed E-state index contributed by atoms with van der Waals surface area (Å²) >= 11 is 0. The van der Waals surface area contributed by atoms with Crippen LogP contribution in [0.5, 0.6) is 0 Å². The van der Waals surface area contributed by atoms with E-state index in [1.54, 1.807) is 60.7 Å². The van der Waals surface area contributed by atoms with Crippen molar-refractivity contribution in [3.8, 4) is 33.6 Å². The lowest BCUT2D eigenvalue weighted by atomic mass is 9.87. The Hall–Kier alpha value is -7.08. The Morgan fingerprint density at radius 2 is 1.00 bits per heavy atom. The van der Waals surface area contributed by atoms with Crippen LogP contribution in [0.15, 0.2) is 97.1 Å². The number of fused-ring (bicyclic) bond motifs is 6. The molecule has 0 saturated heterocycles. The zero-order valence-corrected chi connectivity index (χ0v) is 30.9. The molecule has 0 amide bonds. The number of ether oxygens (including phenoxy) is 2. The molecule has 0 spiro atoms. The Balaban J connectivity index is 1.07. The third-order valence-electron chi connectivity index (χ3n) is 9.82. The van der Waals surface area contributed by atoms with Crippen molar-refractivity contribution < 1.29 is 38.2 Å². The summed E-state index contributed by atoms with van der Waals surface area (Å²) in [5.74, 6) is -3.17. The van der Waals surface area contributed by atoms with Gasteiger partial charge in [-0.3, -0.25) is 19.2 Å². The number of hydrogen-bond donors (Lipinski definition) is 0. The smallest absolute Gasteiger partial charge is 0.420 e. The highest BCUT2D eigenvalue weighted by molar-refractivity contribution is 6.53. The predicted molar refractivity (Wildman–Crippen MR) is 204 cm³/mol. The summed E-state index contributed by atoms with van der Waals surface area (Å²) in [6.45, 7) is 7.12. The van der Waals surface area contributed by atoms with E-state index in [0.717, 1.165) is 14.7 Å². The van der Waals surface area contributed by atoms with Crippen molar-refractivity contribution in [3.05, 3.63) is 142 Å². The first-order valence-electron chi connectivity index (χ1n) is 18.1. The third-order valence-corrected chi connectivity index (χ3v) is 9.82. The lowest BCUT2D eigenvalue weighted by Gasteiger charge is -2.17. The average Bonchev–Trinajstić information content (AvgIpc) is 3.82. The summed E-state index contributed by atoms with van der Waals surface area (Å²) in [7, 11) is 0. The Morgan fingerprint density at radius 3 is 1.59 bits per heavy atom. The fourth-order valence-corrected chi connectivity index (χ4v) is 7.11. The fourth-order valence-electron chi connectivity index (χ4n) is 7.11. The van der Waals surface area contributed by atoms with Crippen LogP contribution in [0.3, 0.4) is 0 Å². The second-order valence-electron chi connectivity index (χ2n) is 14.2. The van der Waals surface area contributed by atoms with Gasteiger partial charge in [-0.1, -0.05) is 113 Å². The van der Waals surface area contributed by atoms with E-state index in [4.69, 9.17) is 9.47 Å². The molecule has 0 N–H and O–H groups in total. The van der Waals surface area contributed by atoms with Gasteiger partial charge in [-0.25, -0.2) is 28.7 Å². The minimum Gasteiger partial charge on any atom is -0.444 e. The Kier molecular flexibility index (Phi) is 8.96. The maximum atomic E-state index is 13.7. The third kappa shape index (κ3) is 5.95. The highest BCUT2D eigenvalue weighted by atomic mass is 16.6. The molecule has 0 fully saturated rings. The van der Waals surface area contributed by atoms with Gasteiger partial charge in [-0.2, -0.15) is 0 Å². The van der Waals surface area contributed by atoms with Crippen molar-refractivity contribution in [2.24, 2.45) is 0 Å². The lowest BCUT2D eigenvalue weighted by Crippen LogP contribution is -2.28. The zero-order chi connectivity index (χ0) is 39.4. The van der Waals surface area contributed by atoms with Crippen LogP contribution >= 0.6 is 0 Å². The molecule has 2 aromatic heterocycles. The topological polar surface area (TPSA) is 157 Å². The average molecular weight is 747 g/mol. The standard InChI is InChI=1S/C44H34N4O8/c1-23(2)41-45-33-29-15-8-9-16-31(29)37(49)39(51)35(33)47(41)44(54)56-22-26-13-10-14-27(19-26)28-17-18-30-32(20-28)38(50)40(52)36-34(30)46-42(24(3)4)48(36)43(53)55-21-25-11-6-5-7-12-25/h5-20,23-24H,21-22H2,1-4H3. The van der Waals surface area contributed by atoms with Crippen LogP contribution in [0.4, 0.5) is 9.59 Å².